The van der Waals surface area contributed by atoms with Crippen molar-refractivity contribution in [2.24, 2.45) is 0 Å². The van der Waals surface area contributed by atoms with Crippen LogP contribution in [0.3, 0.4) is 0 Å². The van der Waals surface area contributed by atoms with Crippen LogP contribution in [0, 0.1) is 0 Å². The third kappa shape index (κ3) is 6.15. The van der Waals surface area contributed by atoms with E-state index in [0.29, 0.717) is 13.2 Å². The minimum absolute atomic E-state index is 0.169. The van der Waals surface area contributed by atoms with Crippen LogP contribution in [0.15, 0.2) is 24.8 Å². The number of carbonyl (C=O) groups excluding carboxylic acids is 1. The molecule has 128 valence electrons. The Balaban J connectivity index is 1.79. The van der Waals surface area contributed by atoms with Gasteiger partial charge < -0.3 is 15.4 Å². The molecule has 1 aliphatic heterocycles. The van der Waals surface area contributed by atoms with Crippen molar-refractivity contribution in [1.82, 2.24) is 15.6 Å². The molecule has 0 aromatic carbocycles. The van der Waals surface area contributed by atoms with Gasteiger partial charge >= 0.3 is 12.4 Å². The minimum Gasteiger partial charge on any atom is -0.450 e. The fourth-order valence-electron chi connectivity index (χ4n) is 2.41. The van der Waals surface area contributed by atoms with Gasteiger partial charge in [-0.2, -0.15) is 0 Å². The van der Waals surface area contributed by atoms with Crippen molar-refractivity contribution in [2.75, 3.05) is 37.8 Å². The summed E-state index contributed by atoms with van der Waals surface area (Å²) in [7, 11) is -1.17. The Labute approximate surface area is 139 Å². The highest BCUT2D eigenvalue weighted by atomic mass is 28.3. The molecule has 7 nitrogen and oxygen atoms in total. The van der Waals surface area contributed by atoms with E-state index in [0.717, 1.165) is 25.7 Å². The molecule has 2 rings (SSSR count). The summed E-state index contributed by atoms with van der Waals surface area (Å²) >= 11 is 0. The Kier molecular flexibility index (Phi) is 6.34. The van der Waals surface area contributed by atoms with Gasteiger partial charge in [-0.1, -0.05) is 24.6 Å². The quantitative estimate of drug-likeness (QED) is 0.578. The summed E-state index contributed by atoms with van der Waals surface area (Å²) in [5, 5.41) is 8.44. The first-order valence-electron chi connectivity index (χ1n) is 8.15. The Bertz CT molecular complexity index is 494. The van der Waals surface area contributed by atoms with Gasteiger partial charge in [-0.15, -0.1) is 4.68 Å². The zero-order valence-corrected chi connectivity index (χ0v) is 15.3. The summed E-state index contributed by atoms with van der Waals surface area (Å²) in [5.74, 6) is 0. The lowest BCUT2D eigenvalue weighted by atomic mass is 10.2. The van der Waals surface area contributed by atoms with Crippen LogP contribution in [-0.2, 0) is 4.74 Å². The molecule has 23 heavy (non-hydrogen) atoms. The first-order chi connectivity index (χ1) is 11.0. The predicted octanol–water partition coefficient (Wildman–Crippen LogP) is 0.343. The number of nitrogens with one attached hydrogen (secondary N) is 2. The van der Waals surface area contributed by atoms with E-state index in [4.69, 9.17) is 4.74 Å². The van der Waals surface area contributed by atoms with E-state index in [2.05, 4.69) is 40.3 Å². The van der Waals surface area contributed by atoms with Gasteiger partial charge in [-0.3, -0.25) is 0 Å². The van der Waals surface area contributed by atoms with Gasteiger partial charge in [0.2, 0.25) is 0 Å². The molecule has 1 saturated heterocycles. The van der Waals surface area contributed by atoms with Crippen molar-refractivity contribution in [2.45, 2.75) is 31.7 Å². The van der Waals surface area contributed by atoms with Crippen molar-refractivity contribution in [3.8, 4) is 0 Å². The summed E-state index contributed by atoms with van der Waals surface area (Å²) in [5.41, 5.74) is 0. The lowest BCUT2D eigenvalue weighted by molar-refractivity contribution is -0.700. The number of hydrogen-bond donors (Lipinski definition) is 2. The molecule has 1 amide bonds. The van der Waals surface area contributed by atoms with Crippen molar-refractivity contribution in [1.29, 1.82) is 0 Å². The van der Waals surface area contributed by atoms with Crippen molar-refractivity contribution < 1.29 is 14.2 Å². The van der Waals surface area contributed by atoms with Crippen molar-refractivity contribution in [3.05, 3.63) is 24.8 Å². The molecule has 1 aliphatic rings. The normalized spacial score (nSPS) is 18.6. The smallest absolute Gasteiger partial charge is 0.407 e. The molecular weight excluding hydrogens is 310 g/mol. The number of rotatable bonds is 6. The highest BCUT2D eigenvalue weighted by molar-refractivity contribution is 6.76. The number of carbonyl (C=O) groups is 1. The summed E-state index contributed by atoms with van der Waals surface area (Å²) in [6.45, 7) is 10.5. The van der Waals surface area contributed by atoms with Crippen LogP contribution in [0.1, 0.15) is 0 Å². The maximum absolute atomic E-state index is 11.8. The molecular formula is C15H28N5O2Si+. The van der Waals surface area contributed by atoms with Crippen LogP contribution in [0.25, 0.3) is 0 Å². The second kappa shape index (κ2) is 8.26. The molecule has 0 aliphatic carbocycles. The van der Waals surface area contributed by atoms with Gasteiger partial charge in [0.1, 0.15) is 12.4 Å². The lowest BCUT2D eigenvalue weighted by Crippen LogP contribution is -2.70. The third-order valence-corrected chi connectivity index (χ3v) is 5.48. The fourth-order valence-corrected chi connectivity index (χ4v) is 3.12. The molecule has 0 bridgehead atoms. The SMILES string of the molecule is C[Si](C)(C)CCOC(=O)NC[C@H]1CNCCN1[n+]1cccnc1. The number of amides is 1. The molecule has 0 saturated carbocycles. The standard InChI is InChI=1S/C15H27N5O2Si/c1-23(2,3)10-9-22-15(21)18-12-14-11-16-6-8-20(14)19-7-4-5-17-13-19/h4-5,7,13-14,16H,6,8-12H2,1-3H3/p+1/t14-/m1/s1. The Morgan fingerprint density at radius 2 is 2.35 bits per heavy atom. The van der Waals surface area contributed by atoms with Gasteiger partial charge in [0, 0.05) is 33.8 Å². The second-order valence-electron chi connectivity index (χ2n) is 6.98. The van der Waals surface area contributed by atoms with Crippen LogP contribution in [0.5, 0.6) is 0 Å². The first kappa shape index (κ1) is 17.7. The third-order valence-electron chi connectivity index (χ3n) is 3.78. The van der Waals surface area contributed by atoms with Gasteiger partial charge in [0.25, 0.3) is 0 Å². The summed E-state index contributed by atoms with van der Waals surface area (Å²) in [4.78, 5) is 16.0. The topological polar surface area (TPSA) is 70.4 Å². The molecule has 0 spiro atoms. The molecule has 0 unspecified atom stereocenters. The maximum atomic E-state index is 11.8. The average Bonchev–Trinajstić information content (AvgIpc) is 2.53. The molecule has 0 radical (unpaired) electrons. The predicted molar refractivity (Wildman–Crippen MR) is 91.7 cm³/mol. The Morgan fingerprint density at radius 1 is 1.52 bits per heavy atom. The molecule has 1 aromatic rings. The number of nitrogens with zero attached hydrogens (tertiary/aromatic N) is 3. The van der Waals surface area contributed by atoms with Crippen LogP contribution in [0.4, 0.5) is 4.79 Å². The number of hydrogen-bond acceptors (Lipinski definition) is 5. The first-order valence-corrected chi connectivity index (χ1v) is 11.9. The van der Waals surface area contributed by atoms with Gasteiger partial charge in [-0.05, 0) is 6.04 Å². The molecule has 2 N–H and O–H groups in total. The van der Waals surface area contributed by atoms with E-state index in [-0.39, 0.29) is 12.1 Å². The van der Waals surface area contributed by atoms with Crippen LogP contribution in [0.2, 0.25) is 25.7 Å². The lowest BCUT2D eigenvalue weighted by Gasteiger charge is -2.34. The van der Waals surface area contributed by atoms with Gasteiger partial charge in [-0.25, -0.2) is 9.80 Å². The Morgan fingerprint density at radius 3 is 3.04 bits per heavy atom. The number of aromatic nitrogens is 2. The highest BCUT2D eigenvalue weighted by Crippen LogP contribution is 2.07. The highest BCUT2D eigenvalue weighted by Gasteiger charge is 2.26. The Hall–Kier alpha value is -1.67. The molecule has 1 aromatic heterocycles. The monoisotopic (exact) mass is 338 g/mol. The van der Waals surface area contributed by atoms with Gasteiger partial charge in [0.15, 0.2) is 0 Å². The number of alkyl carbamates (subject to hydrolysis) is 1. The molecule has 8 heteroatoms. The van der Waals surface area contributed by atoms with E-state index in [1.54, 1.807) is 12.5 Å². The summed E-state index contributed by atoms with van der Waals surface area (Å²) in [6, 6.07) is 3.06. The molecule has 2 heterocycles. The van der Waals surface area contributed by atoms with Crippen molar-refractivity contribution in [3.63, 3.8) is 0 Å². The van der Waals surface area contributed by atoms with Crippen LogP contribution >= 0.6 is 0 Å². The number of ether oxygens (including phenoxy) is 1. The van der Waals surface area contributed by atoms with E-state index < -0.39 is 8.07 Å². The van der Waals surface area contributed by atoms with Crippen molar-refractivity contribution >= 4 is 14.2 Å². The van der Waals surface area contributed by atoms with E-state index in [9.17, 15) is 4.79 Å². The number of piperazine rings is 1. The largest absolute Gasteiger partial charge is 0.450 e. The average molecular weight is 339 g/mol. The van der Waals surface area contributed by atoms with Crippen LogP contribution < -0.4 is 20.3 Å². The van der Waals surface area contributed by atoms with Crippen LogP contribution in [-0.4, -0.2) is 58.0 Å². The second-order valence-corrected chi connectivity index (χ2v) is 12.6. The maximum Gasteiger partial charge on any atom is 0.407 e. The molecule has 1 fully saturated rings. The zero-order valence-electron chi connectivity index (χ0n) is 14.3. The molecule has 1 atom stereocenters. The zero-order chi connectivity index (χ0) is 16.7. The minimum atomic E-state index is -1.17. The van der Waals surface area contributed by atoms with E-state index >= 15 is 0 Å². The van der Waals surface area contributed by atoms with E-state index in [1.807, 2.05) is 16.9 Å². The summed E-state index contributed by atoms with van der Waals surface area (Å²) < 4.78 is 7.25. The fraction of sp³-hybridized carbons (Fsp3) is 0.667. The van der Waals surface area contributed by atoms with E-state index in [1.165, 1.54) is 0 Å². The summed E-state index contributed by atoms with van der Waals surface area (Å²) in [6.07, 6.45) is 5.18. The van der Waals surface area contributed by atoms with Gasteiger partial charge in [0.05, 0.1) is 19.2 Å².